The minimum absolute atomic E-state index is 0.312. The van der Waals surface area contributed by atoms with Crippen LogP contribution in [0.3, 0.4) is 0 Å². The Morgan fingerprint density at radius 1 is 1.09 bits per heavy atom. The molecule has 3 amide bonds. The van der Waals surface area contributed by atoms with Gasteiger partial charge in [0.1, 0.15) is 17.7 Å². The largest absolute Gasteiger partial charge is 0.444 e. The number of rotatable bonds is 10. The third kappa shape index (κ3) is 8.83. The van der Waals surface area contributed by atoms with Gasteiger partial charge in [0.05, 0.1) is 0 Å². The maximum Gasteiger partial charge on any atom is 0.408 e. The topological polar surface area (TPSA) is 87.7 Å². The van der Waals surface area contributed by atoms with E-state index in [2.05, 4.69) is 29.5 Å². The minimum Gasteiger partial charge on any atom is -0.444 e. The highest BCUT2D eigenvalue weighted by molar-refractivity contribution is 5.93. The van der Waals surface area contributed by atoms with Gasteiger partial charge in [0.25, 0.3) is 5.91 Å². The molecule has 0 aliphatic rings. The second-order valence-electron chi connectivity index (χ2n) is 9.37. The summed E-state index contributed by atoms with van der Waals surface area (Å²) in [6.07, 6.45) is 13.2. The van der Waals surface area contributed by atoms with Gasteiger partial charge < -0.3 is 15.4 Å². The van der Waals surface area contributed by atoms with E-state index in [4.69, 9.17) is 17.6 Å². The predicted molar refractivity (Wildman–Crippen MR) is 133 cm³/mol. The lowest BCUT2D eigenvalue weighted by Crippen LogP contribution is -2.53. The van der Waals surface area contributed by atoms with Crippen LogP contribution in [0.5, 0.6) is 0 Å². The van der Waals surface area contributed by atoms with E-state index in [1.165, 1.54) is 0 Å². The summed E-state index contributed by atoms with van der Waals surface area (Å²) in [4.78, 5) is 40.2. The normalized spacial score (nSPS) is 12.6. The van der Waals surface area contributed by atoms with Crippen molar-refractivity contribution in [3.05, 3.63) is 35.4 Å². The second-order valence-corrected chi connectivity index (χ2v) is 9.37. The quantitative estimate of drug-likeness (QED) is 0.309. The number of hydrogen-bond acceptors (Lipinski definition) is 4. The Bertz CT molecular complexity index is 917. The maximum atomic E-state index is 13.5. The molecule has 0 aromatic heterocycles. The van der Waals surface area contributed by atoms with Crippen LogP contribution >= 0.6 is 0 Å². The van der Waals surface area contributed by atoms with Crippen molar-refractivity contribution in [2.45, 2.75) is 78.5 Å². The van der Waals surface area contributed by atoms with Crippen LogP contribution in [-0.2, 0) is 14.3 Å². The summed E-state index contributed by atoms with van der Waals surface area (Å²) >= 11 is 0. The van der Waals surface area contributed by atoms with Gasteiger partial charge in [0, 0.05) is 18.2 Å². The van der Waals surface area contributed by atoms with Crippen molar-refractivity contribution in [1.29, 1.82) is 0 Å². The Labute approximate surface area is 204 Å². The SMILES string of the molecule is C#Cc1ccc(C(C(=O)NCCCCC)N(C#C)C(=O)C(NC(=O)OC(C)(C)C)C(C)C)cc1. The molecule has 1 aromatic rings. The molecule has 0 heterocycles. The fourth-order valence-electron chi connectivity index (χ4n) is 3.23. The van der Waals surface area contributed by atoms with Crippen LogP contribution in [0.15, 0.2) is 24.3 Å². The number of nitrogens with one attached hydrogen (secondary N) is 2. The molecule has 0 saturated heterocycles. The summed E-state index contributed by atoms with van der Waals surface area (Å²) in [5.41, 5.74) is 0.411. The lowest BCUT2D eigenvalue weighted by molar-refractivity contribution is -0.139. The van der Waals surface area contributed by atoms with Crippen molar-refractivity contribution in [2.24, 2.45) is 5.92 Å². The maximum absolute atomic E-state index is 13.5. The van der Waals surface area contributed by atoms with Gasteiger partial charge in [-0.1, -0.05) is 58.1 Å². The second kappa shape index (κ2) is 13.3. The molecule has 7 heteroatoms. The Morgan fingerprint density at radius 3 is 2.18 bits per heavy atom. The fraction of sp³-hybridized carbons (Fsp3) is 0.519. The molecular formula is C27H37N3O4. The summed E-state index contributed by atoms with van der Waals surface area (Å²) in [7, 11) is 0. The van der Waals surface area contributed by atoms with E-state index < -0.39 is 35.6 Å². The number of hydrogen-bond donors (Lipinski definition) is 2. The highest BCUT2D eigenvalue weighted by Gasteiger charge is 2.37. The zero-order valence-corrected chi connectivity index (χ0v) is 21.1. The zero-order chi connectivity index (χ0) is 25.9. The van der Waals surface area contributed by atoms with Crippen LogP contribution in [0.25, 0.3) is 0 Å². The van der Waals surface area contributed by atoms with Crippen LogP contribution in [0.1, 0.15) is 78.0 Å². The molecule has 1 aromatic carbocycles. The van der Waals surface area contributed by atoms with E-state index in [1.807, 2.05) is 0 Å². The zero-order valence-electron chi connectivity index (χ0n) is 21.1. The number of nitrogens with zero attached hydrogens (tertiary/aromatic N) is 1. The predicted octanol–water partition coefficient (Wildman–Crippen LogP) is 3.98. The van der Waals surface area contributed by atoms with Crippen molar-refractivity contribution in [3.63, 3.8) is 0 Å². The van der Waals surface area contributed by atoms with E-state index in [1.54, 1.807) is 58.9 Å². The fourth-order valence-corrected chi connectivity index (χ4v) is 3.23. The number of carbonyl (C=O) groups is 3. The Kier molecular flexibility index (Phi) is 11.2. The molecular weight excluding hydrogens is 430 g/mol. The van der Waals surface area contributed by atoms with Crippen molar-refractivity contribution < 1.29 is 19.1 Å². The van der Waals surface area contributed by atoms with Crippen LogP contribution in [0.2, 0.25) is 0 Å². The van der Waals surface area contributed by atoms with Gasteiger partial charge in [-0.25, -0.2) is 4.79 Å². The van der Waals surface area contributed by atoms with Gasteiger partial charge in [-0.3, -0.25) is 14.5 Å². The van der Waals surface area contributed by atoms with Gasteiger partial charge >= 0.3 is 6.09 Å². The van der Waals surface area contributed by atoms with Crippen LogP contribution < -0.4 is 10.6 Å². The average Bonchev–Trinajstić information content (AvgIpc) is 2.76. The van der Waals surface area contributed by atoms with Crippen molar-refractivity contribution in [1.82, 2.24) is 15.5 Å². The molecule has 2 unspecified atom stereocenters. The van der Waals surface area contributed by atoms with Gasteiger partial charge in [-0.05, 0) is 50.8 Å². The van der Waals surface area contributed by atoms with E-state index in [9.17, 15) is 14.4 Å². The molecule has 0 spiro atoms. The first-order chi connectivity index (χ1) is 15.9. The van der Waals surface area contributed by atoms with Crippen molar-refractivity contribution >= 4 is 17.9 Å². The number of carbonyl (C=O) groups excluding carboxylic acids is 3. The van der Waals surface area contributed by atoms with Crippen LogP contribution in [-0.4, -0.2) is 41.0 Å². The van der Waals surface area contributed by atoms with Gasteiger partial charge in [-0.2, -0.15) is 0 Å². The van der Waals surface area contributed by atoms with E-state index >= 15 is 0 Å². The number of benzene rings is 1. The van der Waals surface area contributed by atoms with Gasteiger partial charge in [0.2, 0.25) is 5.91 Å². The van der Waals surface area contributed by atoms with E-state index in [0.29, 0.717) is 17.7 Å². The molecule has 34 heavy (non-hydrogen) atoms. The first kappa shape index (κ1) is 28.6. The lowest BCUT2D eigenvalue weighted by atomic mass is 9.98. The van der Waals surface area contributed by atoms with Gasteiger partial charge in [0.15, 0.2) is 0 Å². The summed E-state index contributed by atoms with van der Waals surface area (Å²) in [6.45, 7) is 11.3. The molecule has 0 radical (unpaired) electrons. The lowest BCUT2D eigenvalue weighted by Gasteiger charge is -2.31. The standard InChI is InChI=1S/C27H37N3O4/c1-9-12-13-18-28-24(31)23(21-16-14-20(10-2)15-17-21)30(11-3)25(32)22(19(4)5)29-26(33)34-27(6,7)8/h2-3,14-17,19,22-23H,9,12-13,18H2,1,4-8H3,(H,28,31)(H,29,33). The summed E-state index contributed by atoms with van der Waals surface area (Å²) < 4.78 is 5.31. The molecule has 0 aliphatic carbocycles. The molecule has 0 aliphatic heterocycles. The highest BCUT2D eigenvalue weighted by Crippen LogP contribution is 2.24. The molecule has 0 saturated carbocycles. The third-order valence-electron chi connectivity index (χ3n) is 4.96. The number of alkyl carbamates (subject to hydrolysis) is 1. The molecule has 7 nitrogen and oxygen atoms in total. The number of terminal acetylenes is 2. The summed E-state index contributed by atoms with van der Waals surface area (Å²) in [6, 6.07) is 7.00. The first-order valence-corrected chi connectivity index (χ1v) is 11.6. The van der Waals surface area contributed by atoms with Crippen LogP contribution in [0, 0.1) is 30.7 Å². The minimum atomic E-state index is -1.09. The molecule has 0 bridgehead atoms. The molecule has 2 N–H and O–H groups in total. The van der Waals surface area contributed by atoms with Crippen molar-refractivity contribution in [3.8, 4) is 24.8 Å². The smallest absolute Gasteiger partial charge is 0.408 e. The number of unbranched alkanes of at least 4 members (excludes halogenated alkanes) is 2. The molecule has 184 valence electrons. The Balaban J connectivity index is 3.29. The van der Waals surface area contributed by atoms with E-state index in [-0.39, 0.29) is 5.92 Å². The highest BCUT2D eigenvalue weighted by atomic mass is 16.6. The van der Waals surface area contributed by atoms with E-state index in [0.717, 1.165) is 24.2 Å². The summed E-state index contributed by atoms with van der Waals surface area (Å²) in [5.74, 6) is 1.22. The summed E-state index contributed by atoms with van der Waals surface area (Å²) in [5, 5.41) is 5.48. The molecule has 1 rings (SSSR count). The first-order valence-electron chi connectivity index (χ1n) is 11.6. The monoisotopic (exact) mass is 467 g/mol. The number of ether oxygens (including phenoxy) is 1. The van der Waals surface area contributed by atoms with Gasteiger partial charge in [-0.15, -0.1) is 6.42 Å². The molecule has 0 fully saturated rings. The molecule has 2 atom stereocenters. The number of amides is 3. The average molecular weight is 468 g/mol. The van der Waals surface area contributed by atoms with Crippen molar-refractivity contribution in [2.75, 3.05) is 6.54 Å². The third-order valence-corrected chi connectivity index (χ3v) is 4.96. The van der Waals surface area contributed by atoms with Crippen LogP contribution in [0.4, 0.5) is 4.79 Å². The Morgan fingerprint density at radius 2 is 1.71 bits per heavy atom. The Hall–Kier alpha value is -3.45.